The zero-order chi connectivity index (χ0) is 14.0. The van der Waals surface area contributed by atoms with Gasteiger partial charge in [-0.25, -0.2) is 0 Å². The number of anilines is 1. The molecule has 3 N–H and O–H groups in total. The summed E-state index contributed by atoms with van der Waals surface area (Å²) in [6, 6.07) is 0.327. The Balaban J connectivity index is 1.91. The normalized spacial score (nSPS) is 21.5. The minimum atomic E-state index is -0.209. The lowest BCUT2D eigenvalue weighted by Gasteiger charge is -2.37. The maximum absolute atomic E-state index is 12.0. The van der Waals surface area contributed by atoms with E-state index in [0.717, 1.165) is 19.6 Å². The number of aromatic nitrogens is 2. The molecule has 0 aromatic carbocycles. The van der Waals surface area contributed by atoms with Gasteiger partial charge in [0.15, 0.2) is 5.69 Å². The minimum Gasteiger partial charge on any atom is -0.396 e. The zero-order valence-electron chi connectivity index (χ0n) is 11.8. The van der Waals surface area contributed by atoms with Crippen molar-refractivity contribution in [2.45, 2.75) is 6.04 Å². The Morgan fingerprint density at radius 2 is 2.21 bits per heavy atom. The summed E-state index contributed by atoms with van der Waals surface area (Å²) in [5.41, 5.74) is 6.45. The Labute approximate surface area is 113 Å². The molecule has 1 unspecified atom stereocenters. The average molecular weight is 266 g/mol. The molecule has 1 aliphatic rings. The van der Waals surface area contributed by atoms with Crippen molar-refractivity contribution in [1.82, 2.24) is 24.9 Å². The molecule has 1 aliphatic heterocycles. The second kappa shape index (κ2) is 5.58. The van der Waals surface area contributed by atoms with E-state index in [1.54, 1.807) is 17.9 Å². The summed E-state index contributed by atoms with van der Waals surface area (Å²) in [6.07, 6.45) is 1.63. The molecule has 2 heterocycles. The molecule has 106 valence electrons. The maximum Gasteiger partial charge on any atom is 0.273 e. The van der Waals surface area contributed by atoms with Gasteiger partial charge in [-0.05, 0) is 14.1 Å². The smallest absolute Gasteiger partial charge is 0.273 e. The lowest BCUT2D eigenvalue weighted by molar-refractivity contribution is 0.0877. The van der Waals surface area contributed by atoms with E-state index in [2.05, 4.69) is 34.3 Å². The van der Waals surface area contributed by atoms with Crippen LogP contribution in [0, 0.1) is 0 Å². The summed E-state index contributed by atoms with van der Waals surface area (Å²) in [5, 5.41) is 6.97. The van der Waals surface area contributed by atoms with Gasteiger partial charge in [0, 0.05) is 45.5 Å². The van der Waals surface area contributed by atoms with Crippen molar-refractivity contribution in [3.63, 3.8) is 0 Å². The van der Waals surface area contributed by atoms with Crippen molar-refractivity contribution in [2.75, 3.05) is 46.0 Å². The Hall–Kier alpha value is -1.60. The fourth-order valence-electron chi connectivity index (χ4n) is 2.30. The monoisotopic (exact) mass is 266 g/mol. The molecule has 1 amide bonds. The molecule has 0 spiro atoms. The van der Waals surface area contributed by atoms with E-state index in [1.807, 2.05) is 0 Å². The summed E-state index contributed by atoms with van der Waals surface area (Å²) >= 11 is 0. The molecule has 0 aliphatic carbocycles. The van der Waals surface area contributed by atoms with E-state index in [4.69, 9.17) is 5.73 Å². The fraction of sp³-hybridized carbons (Fsp3) is 0.667. The molecule has 0 bridgehead atoms. The van der Waals surface area contributed by atoms with Crippen LogP contribution in [0.15, 0.2) is 6.20 Å². The van der Waals surface area contributed by atoms with Crippen molar-refractivity contribution >= 4 is 11.6 Å². The Morgan fingerprint density at radius 3 is 2.84 bits per heavy atom. The highest BCUT2D eigenvalue weighted by atomic mass is 16.2. The van der Waals surface area contributed by atoms with E-state index in [-0.39, 0.29) is 5.91 Å². The predicted octanol–water partition coefficient (Wildman–Crippen LogP) is -1.02. The molecule has 1 saturated heterocycles. The van der Waals surface area contributed by atoms with Crippen molar-refractivity contribution in [2.24, 2.45) is 7.05 Å². The van der Waals surface area contributed by atoms with E-state index in [0.29, 0.717) is 24.0 Å². The lowest BCUT2D eigenvalue weighted by atomic mass is 10.2. The first-order chi connectivity index (χ1) is 8.97. The van der Waals surface area contributed by atoms with Crippen LogP contribution in [0.1, 0.15) is 10.5 Å². The van der Waals surface area contributed by atoms with Gasteiger partial charge in [0.1, 0.15) is 0 Å². The number of nitrogens with one attached hydrogen (secondary N) is 1. The van der Waals surface area contributed by atoms with Crippen molar-refractivity contribution in [3.8, 4) is 0 Å². The summed E-state index contributed by atoms with van der Waals surface area (Å²) in [4.78, 5) is 16.5. The van der Waals surface area contributed by atoms with Crippen LogP contribution in [0.25, 0.3) is 0 Å². The van der Waals surface area contributed by atoms with E-state index in [9.17, 15) is 4.79 Å². The number of aryl methyl sites for hydroxylation is 1. The van der Waals surface area contributed by atoms with Crippen molar-refractivity contribution in [1.29, 1.82) is 0 Å². The van der Waals surface area contributed by atoms with Crippen LogP contribution < -0.4 is 11.1 Å². The molecule has 19 heavy (non-hydrogen) atoms. The Bertz CT molecular complexity index is 457. The maximum atomic E-state index is 12.0. The van der Waals surface area contributed by atoms with Gasteiger partial charge >= 0.3 is 0 Å². The quantitative estimate of drug-likeness (QED) is 0.732. The number of hydrogen-bond donors (Lipinski definition) is 2. The van der Waals surface area contributed by atoms with Crippen LogP contribution >= 0.6 is 0 Å². The number of nitrogens with zero attached hydrogens (tertiary/aromatic N) is 4. The van der Waals surface area contributed by atoms with E-state index >= 15 is 0 Å². The van der Waals surface area contributed by atoms with Gasteiger partial charge < -0.3 is 16.0 Å². The third-order valence-electron chi connectivity index (χ3n) is 3.55. The number of carbonyl (C=O) groups excluding carboxylic acids is 1. The number of rotatable bonds is 3. The molecule has 7 heteroatoms. The molecule has 1 fully saturated rings. The summed E-state index contributed by atoms with van der Waals surface area (Å²) in [6.45, 7) is 3.64. The number of hydrogen-bond acceptors (Lipinski definition) is 5. The number of amides is 1. The molecule has 1 aromatic rings. The predicted molar refractivity (Wildman–Crippen MR) is 73.9 cm³/mol. The number of likely N-dealkylation sites (N-methyl/N-ethyl adjacent to an activating group) is 2. The third-order valence-corrected chi connectivity index (χ3v) is 3.55. The zero-order valence-corrected chi connectivity index (χ0v) is 11.8. The van der Waals surface area contributed by atoms with Gasteiger partial charge in [-0.1, -0.05) is 0 Å². The molecular weight excluding hydrogens is 244 g/mol. The molecule has 7 nitrogen and oxygen atoms in total. The summed E-state index contributed by atoms with van der Waals surface area (Å²) in [7, 11) is 5.93. The first-order valence-electron chi connectivity index (χ1n) is 6.43. The van der Waals surface area contributed by atoms with Gasteiger partial charge in [-0.2, -0.15) is 5.10 Å². The fourth-order valence-corrected chi connectivity index (χ4v) is 2.30. The molecule has 2 rings (SSSR count). The molecule has 0 radical (unpaired) electrons. The van der Waals surface area contributed by atoms with Gasteiger partial charge in [0.05, 0.1) is 5.69 Å². The van der Waals surface area contributed by atoms with Crippen LogP contribution in [-0.2, 0) is 7.05 Å². The third kappa shape index (κ3) is 3.24. The highest BCUT2D eigenvalue weighted by Gasteiger charge is 2.23. The summed E-state index contributed by atoms with van der Waals surface area (Å²) < 4.78 is 1.55. The minimum absolute atomic E-state index is 0.209. The second-order valence-electron chi connectivity index (χ2n) is 5.21. The summed E-state index contributed by atoms with van der Waals surface area (Å²) in [5.74, 6) is -0.209. The van der Waals surface area contributed by atoms with Gasteiger partial charge in [-0.15, -0.1) is 0 Å². The van der Waals surface area contributed by atoms with Crippen molar-refractivity contribution < 1.29 is 4.79 Å². The van der Waals surface area contributed by atoms with Gasteiger partial charge in [0.2, 0.25) is 0 Å². The number of nitrogens with two attached hydrogens (primary N) is 1. The molecule has 1 aromatic heterocycles. The molecular formula is C12H22N6O. The Kier molecular flexibility index (Phi) is 4.06. The highest BCUT2D eigenvalue weighted by molar-refractivity contribution is 5.96. The van der Waals surface area contributed by atoms with Gasteiger partial charge in [0.25, 0.3) is 5.91 Å². The van der Waals surface area contributed by atoms with E-state index < -0.39 is 0 Å². The van der Waals surface area contributed by atoms with E-state index in [1.165, 1.54) is 0 Å². The molecule has 0 saturated carbocycles. The van der Waals surface area contributed by atoms with Crippen LogP contribution in [0.2, 0.25) is 0 Å². The lowest BCUT2D eigenvalue weighted by Crippen LogP contribution is -2.54. The number of carbonyl (C=O) groups is 1. The van der Waals surface area contributed by atoms with Crippen LogP contribution in [-0.4, -0.2) is 71.8 Å². The average Bonchev–Trinajstić information content (AvgIpc) is 2.69. The topological polar surface area (TPSA) is 79.4 Å². The van der Waals surface area contributed by atoms with Crippen molar-refractivity contribution in [3.05, 3.63) is 11.9 Å². The second-order valence-corrected chi connectivity index (χ2v) is 5.21. The first kappa shape index (κ1) is 13.8. The largest absolute Gasteiger partial charge is 0.396 e. The van der Waals surface area contributed by atoms with Crippen LogP contribution in [0.4, 0.5) is 5.69 Å². The first-order valence-corrected chi connectivity index (χ1v) is 6.43. The highest BCUT2D eigenvalue weighted by Crippen LogP contribution is 2.09. The van der Waals surface area contributed by atoms with Crippen LogP contribution in [0.3, 0.4) is 0 Å². The number of nitrogen functional groups attached to an aromatic ring is 1. The van der Waals surface area contributed by atoms with Gasteiger partial charge in [-0.3, -0.25) is 14.4 Å². The SMILES string of the molecule is CN1CCN(C)C(CNC(=O)c2nn(C)cc2N)C1. The molecule has 1 atom stereocenters. The number of piperazine rings is 1. The standard InChI is InChI=1S/C12H22N6O/c1-16-4-5-17(2)9(7-16)6-14-12(19)11-10(13)8-18(3)15-11/h8-9H,4-7,13H2,1-3H3,(H,14,19). The Morgan fingerprint density at radius 1 is 1.47 bits per heavy atom. The van der Waals surface area contributed by atoms with Crippen LogP contribution in [0.5, 0.6) is 0 Å².